The lowest BCUT2D eigenvalue weighted by Gasteiger charge is -2.29. The zero-order valence-electron chi connectivity index (χ0n) is 17.7. The van der Waals surface area contributed by atoms with Gasteiger partial charge in [-0.15, -0.1) is 0 Å². The van der Waals surface area contributed by atoms with Crippen LogP contribution in [-0.2, 0) is 4.74 Å². The molecule has 9 heteroatoms. The van der Waals surface area contributed by atoms with Crippen molar-refractivity contribution in [2.24, 2.45) is 0 Å². The quantitative estimate of drug-likeness (QED) is 0.292. The van der Waals surface area contributed by atoms with E-state index in [1.807, 2.05) is 18.2 Å². The lowest BCUT2D eigenvalue weighted by Crippen LogP contribution is -2.36. The normalized spacial score (nSPS) is 13.9. The molecule has 0 bridgehead atoms. The van der Waals surface area contributed by atoms with Crippen molar-refractivity contribution in [1.82, 2.24) is 9.78 Å². The number of ether oxygens (including phenoxy) is 1. The smallest absolute Gasteiger partial charge is 0.295 e. The molecule has 166 valence electrons. The molecule has 0 radical (unpaired) electrons. The van der Waals surface area contributed by atoms with Crippen LogP contribution in [0.5, 0.6) is 0 Å². The molecule has 1 saturated heterocycles. The number of aromatic nitrogens is 2. The van der Waals surface area contributed by atoms with Crippen molar-refractivity contribution in [2.45, 2.75) is 0 Å². The molecule has 3 aromatic carbocycles. The largest absolute Gasteiger partial charge is 0.399 e. The fourth-order valence-corrected chi connectivity index (χ4v) is 4.11. The fourth-order valence-electron chi connectivity index (χ4n) is 4.11. The van der Waals surface area contributed by atoms with Gasteiger partial charge in [-0.2, -0.15) is 9.78 Å². The number of anilines is 2. The lowest BCUT2D eigenvalue weighted by atomic mass is 10.0. The van der Waals surface area contributed by atoms with Crippen LogP contribution in [0.15, 0.2) is 71.5 Å². The SMILES string of the molecule is Nc1cccc(-c2nn(-c3cc(N4CCOCC4)ccc3[N+](=O)[O-])c(=O)c3ccccc23)c1. The molecule has 1 aliphatic heterocycles. The van der Waals surface area contributed by atoms with E-state index < -0.39 is 10.5 Å². The summed E-state index contributed by atoms with van der Waals surface area (Å²) in [6.07, 6.45) is 0. The van der Waals surface area contributed by atoms with Gasteiger partial charge in [0.2, 0.25) is 0 Å². The molecule has 1 fully saturated rings. The standard InChI is InChI=1S/C24H21N5O4/c25-17-5-3-4-16(14-17)23-19-6-1-2-7-20(19)24(30)28(26-23)22-15-18(8-9-21(22)29(31)32)27-10-12-33-13-11-27/h1-9,14-15H,10-13,25H2. The highest BCUT2D eigenvalue weighted by Crippen LogP contribution is 2.31. The number of nitro groups is 1. The highest BCUT2D eigenvalue weighted by atomic mass is 16.6. The van der Waals surface area contributed by atoms with Crippen molar-refractivity contribution >= 4 is 27.8 Å². The van der Waals surface area contributed by atoms with Gasteiger partial charge in [0.15, 0.2) is 0 Å². The highest BCUT2D eigenvalue weighted by molar-refractivity contribution is 5.94. The van der Waals surface area contributed by atoms with Gasteiger partial charge in [0.05, 0.1) is 29.2 Å². The molecular weight excluding hydrogens is 422 g/mol. The number of hydrogen-bond donors (Lipinski definition) is 1. The molecular formula is C24H21N5O4. The molecule has 9 nitrogen and oxygen atoms in total. The van der Waals surface area contributed by atoms with E-state index in [2.05, 4.69) is 10.00 Å². The zero-order valence-corrected chi connectivity index (χ0v) is 17.7. The molecule has 0 aliphatic carbocycles. The Bertz CT molecular complexity index is 1430. The molecule has 2 N–H and O–H groups in total. The Balaban J connectivity index is 1.79. The second-order valence-corrected chi connectivity index (χ2v) is 7.77. The summed E-state index contributed by atoms with van der Waals surface area (Å²) in [5.41, 5.74) is 8.02. The lowest BCUT2D eigenvalue weighted by molar-refractivity contribution is -0.384. The third-order valence-electron chi connectivity index (χ3n) is 5.73. The number of fused-ring (bicyclic) bond motifs is 1. The van der Waals surface area contributed by atoms with Crippen molar-refractivity contribution in [1.29, 1.82) is 0 Å². The van der Waals surface area contributed by atoms with Gasteiger partial charge in [-0.1, -0.05) is 30.3 Å². The number of benzene rings is 3. The van der Waals surface area contributed by atoms with E-state index in [-0.39, 0.29) is 11.4 Å². The number of morpholine rings is 1. The van der Waals surface area contributed by atoms with E-state index in [1.54, 1.807) is 42.5 Å². The maximum Gasteiger partial charge on any atom is 0.295 e. The monoisotopic (exact) mass is 443 g/mol. The number of rotatable bonds is 4. The van der Waals surface area contributed by atoms with E-state index in [4.69, 9.17) is 10.5 Å². The number of nitrogens with two attached hydrogens (primary N) is 1. The van der Waals surface area contributed by atoms with E-state index in [9.17, 15) is 14.9 Å². The third kappa shape index (κ3) is 3.79. The van der Waals surface area contributed by atoms with Crippen LogP contribution in [0.25, 0.3) is 27.7 Å². The minimum atomic E-state index is -0.498. The summed E-state index contributed by atoms with van der Waals surface area (Å²) in [5.74, 6) is 0. The van der Waals surface area contributed by atoms with Crippen molar-refractivity contribution in [3.63, 3.8) is 0 Å². The van der Waals surface area contributed by atoms with E-state index >= 15 is 0 Å². The summed E-state index contributed by atoms with van der Waals surface area (Å²) in [4.78, 5) is 26.9. The molecule has 5 rings (SSSR count). The Morgan fingerprint density at radius 2 is 1.73 bits per heavy atom. The molecule has 0 unspecified atom stereocenters. The first-order chi connectivity index (χ1) is 16.0. The van der Waals surface area contributed by atoms with Crippen LogP contribution in [0.3, 0.4) is 0 Å². The highest BCUT2D eigenvalue weighted by Gasteiger charge is 2.23. The van der Waals surface area contributed by atoms with Gasteiger partial charge in [-0.3, -0.25) is 14.9 Å². The Morgan fingerprint density at radius 3 is 2.45 bits per heavy atom. The molecule has 1 aromatic heterocycles. The maximum atomic E-state index is 13.5. The molecule has 0 atom stereocenters. The first kappa shape index (κ1) is 20.7. The molecule has 0 spiro atoms. The van der Waals surface area contributed by atoms with Gasteiger partial charge in [-0.25, -0.2) is 0 Å². The summed E-state index contributed by atoms with van der Waals surface area (Å²) in [7, 11) is 0. The van der Waals surface area contributed by atoms with Crippen LogP contribution in [0, 0.1) is 10.1 Å². The summed E-state index contributed by atoms with van der Waals surface area (Å²) in [6, 6.07) is 19.0. The molecule has 0 amide bonds. The number of nitrogens with zero attached hydrogens (tertiary/aromatic N) is 4. The van der Waals surface area contributed by atoms with E-state index in [0.717, 1.165) is 10.4 Å². The van der Waals surface area contributed by atoms with Gasteiger partial charge < -0.3 is 15.4 Å². The minimum absolute atomic E-state index is 0.116. The Labute approximate surface area is 188 Å². The Kier molecular flexibility index (Phi) is 5.23. The topological polar surface area (TPSA) is 117 Å². The second kappa shape index (κ2) is 8.36. The third-order valence-corrected chi connectivity index (χ3v) is 5.73. The number of nitro benzene ring substituents is 1. The summed E-state index contributed by atoms with van der Waals surface area (Å²) >= 11 is 0. The van der Waals surface area contributed by atoms with Crippen LogP contribution in [0.1, 0.15) is 0 Å². The Hall–Kier alpha value is -4.24. The summed E-state index contributed by atoms with van der Waals surface area (Å²) < 4.78 is 6.54. The first-order valence-electron chi connectivity index (χ1n) is 10.5. The molecule has 2 heterocycles. The predicted molar refractivity (Wildman–Crippen MR) is 127 cm³/mol. The Morgan fingerprint density at radius 1 is 0.970 bits per heavy atom. The van der Waals surface area contributed by atoms with E-state index in [1.165, 1.54) is 6.07 Å². The van der Waals surface area contributed by atoms with Gasteiger partial charge in [0, 0.05) is 41.5 Å². The first-order valence-corrected chi connectivity index (χ1v) is 10.5. The van der Waals surface area contributed by atoms with Crippen LogP contribution in [0.4, 0.5) is 17.1 Å². The van der Waals surface area contributed by atoms with Crippen molar-refractivity contribution in [3.05, 3.63) is 87.2 Å². The van der Waals surface area contributed by atoms with Crippen LogP contribution in [0.2, 0.25) is 0 Å². The zero-order chi connectivity index (χ0) is 22.9. The second-order valence-electron chi connectivity index (χ2n) is 7.77. The molecule has 0 saturated carbocycles. The summed E-state index contributed by atoms with van der Waals surface area (Å²) in [6.45, 7) is 2.46. The van der Waals surface area contributed by atoms with Gasteiger partial charge in [0.25, 0.3) is 11.2 Å². The molecule has 4 aromatic rings. The fraction of sp³-hybridized carbons (Fsp3) is 0.167. The van der Waals surface area contributed by atoms with Gasteiger partial charge in [0.1, 0.15) is 5.69 Å². The molecule has 1 aliphatic rings. The summed E-state index contributed by atoms with van der Waals surface area (Å²) in [5, 5.41) is 17.5. The van der Waals surface area contributed by atoms with Crippen molar-refractivity contribution in [3.8, 4) is 16.9 Å². The van der Waals surface area contributed by atoms with Gasteiger partial charge >= 0.3 is 0 Å². The van der Waals surface area contributed by atoms with E-state index in [0.29, 0.717) is 54.0 Å². The van der Waals surface area contributed by atoms with Crippen LogP contribution < -0.4 is 16.2 Å². The number of nitrogen functional groups attached to an aromatic ring is 1. The number of hydrogen-bond acceptors (Lipinski definition) is 7. The minimum Gasteiger partial charge on any atom is -0.399 e. The van der Waals surface area contributed by atoms with Crippen molar-refractivity contribution in [2.75, 3.05) is 36.9 Å². The molecule has 33 heavy (non-hydrogen) atoms. The maximum absolute atomic E-state index is 13.5. The average molecular weight is 443 g/mol. The predicted octanol–water partition coefficient (Wildman–Crippen LogP) is 3.38. The van der Waals surface area contributed by atoms with Gasteiger partial charge in [-0.05, 0) is 30.3 Å². The van der Waals surface area contributed by atoms with Crippen LogP contribution >= 0.6 is 0 Å². The van der Waals surface area contributed by atoms with Crippen molar-refractivity contribution < 1.29 is 9.66 Å². The average Bonchev–Trinajstić information content (AvgIpc) is 2.84. The van der Waals surface area contributed by atoms with Crippen LogP contribution in [-0.4, -0.2) is 41.0 Å².